The molecule has 0 saturated heterocycles. The molecular formula is C10H22O5Si. The lowest BCUT2D eigenvalue weighted by Gasteiger charge is -2.17. The fourth-order valence-corrected chi connectivity index (χ4v) is 1.63. The third-order valence-electron chi connectivity index (χ3n) is 1.44. The van der Waals surface area contributed by atoms with E-state index in [-0.39, 0.29) is 12.6 Å². The Balaban J connectivity index is 3.28. The normalized spacial score (nSPS) is 11.5. The van der Waals surface area contributed by atoms with Gasteiger partial charge in [0, 0.05) is 7.11 Å². The highest BCUT2D eigenvalue weighted by Crippen LogP contribution is 2.02. The smallest absolute Gasteiger partial charge is 0.318 e. The summed E-state index contributed by atoms with van der Waals surface area (Å²) in [5.41, 5.74) is 0. The van der Waals surface area contributed by atoms with Gasteiger partial charge in [-0.25, -0.2) is 0 Å². The van der Waals surface area contributed by atoms with Crippen molar-refractivity contribution in [1.82, 2.24) is 0 Å². The van der Waals surface area contributed by atoms with Crippen molar-refractivity contribution in [3.63, 3.8) is 0 Å². The molecule has 5 nitrogen and oxygen atoms in total. The van der Waals surface area contributed by atoms with Gasteiger partial charge in [-0.15, -0.1) is 0 Å². The first kappa shape index (κ1) is 15.6. The lowest BCUT2D eigenvalue weighted by atomic mass is 10.7. The predicted molar refractivity (Wildman–Crippen MR) is 63.0 cm³/mol. The minimum atomic E-state index is -1.78. The number of carbonyl (C=O) groups excluding carboxylic acids is 1. The molecule has 0 unspecified atom stereocenters. The summed E-state index contributed by atoms with van der Waals surface area (Å²) in [6.45, 7) is 7.83. The molecule has 0 aromatic rings. The molecule has 0 aliphatic heterocycles. The molecule has 96 valence electrons. The average molecular weight is 250 g/mol. The summed E-state index contributed by atoms with van der Waals surface area (Å²) in [7, 11) is -0.166. The monoisotopic (exact) mass is 250 g/mol. The molecule has 0 bridgehead atoms. The summed E-state index contributed by atoms with van der Waals surface area (Å²) in [5.74, 6) is -0.295. The zero-order valence-corrected chi connectivity index (χ0v) is 11.6. The minimum Gasteiger partial charge on any atom is -0.518 e. The number of methoxy groups -OCH3 is 1. The fraction of sp³-hybridized carbons (Fsp3) is 0.900. The van der Waals surface area contributed by atoms with Gasteiger partial charge < -0.3 is 18.6 Å². The number of carbonyl (C=O) groups is 1. The van der Waals surface area contributed by atoms with Crippen LogP contribution in [0.4, 0.5) is 0 Å². The molecular weight excluding hydrogens is 228 g/mol. The van der Waals surface area contributed by atoms with Crippen molar-refractivity contribution in [3.8, 4) is 0 Å². The first-order chi connectivity index (χ1) is 7.45. The van der Waals surface area contributed by atoms with Crippen molar-refractivity contribution in [3.05, 3.63) is 0 Å². The second-order valence-corrected chi connectivity index (χ2v) is 8.67. The van der Waals surface area contributed by atoms with Crippen LogP contribution in [0.3, 0.4) is 0 Å². The van der Waals surface area contributed by atoms with Crippen LogP contribution in [0.1, 0.15) is 0 Å². The fourth-order valence-electron chi connectivity index (χ4n) is 0.889. The Labute approximate surface area is 98.1 Å². The van der Waals surface area contributed by atoms with Gasteiger partial charge in [0.25, 0.3) is 0 Å². The van der Waals surface area contributed by atoms with Crippen LogP contribution in [0, 0.1) is 0 Å². The van der Waals surface area contributed by atoms with Gasteiger partial charge in [0.05, 0.1) is 26.4 Å². The largest absolute Gasteiger partial charge is 0.518 e. The van der Waals surface area contributed by atoms with Crippen molar-refractivity contribution < 1.29 is 23.4 Å². The van der Waals surface area contributed by atoms with Gasteiger partial charge in [-0.3, -0.25) is 4.79 Å². The topological polar surface area (TPSA) is 54.0 Å². The van der Waals surface area contributed by atoms with Crippen LogP contribution in [0.5, 0.6) is 0 Å². The van der Waals surface area contributed by atoms with E-state index in [1.165, 1.54) is 0 Å². The highest BCUT2D eigenvalue weighted by atomic mass is 28.4. The molecule has 0 aromatic heterocycles. The molecule has 0 rings (SSSR count). The number of hydrogen-bond donors (Lipinski definition) is 0. The second-order valence-electron chi connectivity index (χ2n) is 4.24. The number of rotatable bonds is 9. The lowest BCUT2D eigenvalue weighted by Crippen LogP contribution is -2.31. The maximum atomic E-state index is 11.2. The van der Waals surface area contributed by atoms with Crippen molar-refractivity contribution in [2.75, 3.05) is 40.1 Å². The minimum absolute atomic E-state index is 0.00208. The Morgan fingerprint density at radius 1 is 1.00 bits per heavy atom. The van der Waals surface area contributed by atoms with E-state index < -0.39 is 8.32 Å². The van der Waals surface area contributed by atoms with Gasteiger partial charge in [-0.05, 0) is 19.6 Å². The summed E-state index contributed by atoms with van der Waals surface area (Å²) in [6.07, 6.45) is 0. The molecule has 0 fully saturated rings. The van der Waals surface area contributed by atoms with E-state index >= 15 is 0 Å². The van der Waals surface area contributed by atoms with Crippen molar-refractivity contribution >= 4 is 14.3 Å². The zero-order valence-electron chi connectivity index (χ0n) is 10.6. The Morgan fingerprint density at radius 2 is 1.56 bits per heavy atom. The number of ether oxygens (including phenoxy) is 3. The SMILES string of the molecule is COCCOCCOCC(=O)O[Si](C)(C)C. The predicted octanol–water partition coefficient (Wildman–Crippen LogP) is 1.04. The molecule has 6 heteroatoms. The van der Waals surface area contributed by atoms with Crippen LogP contribution >= 0.6 is 0 Å². The van der Waals surface area contributed by atoms with E-state index in [1.54, 1.807) is 7.11 Å². The van der Waals surface area contributed by atoms with E-state index in [2.05, 4.69) is 0 Å². The zero-order chi connectivity index (χ0) is 12.4. The molecule has 0 aromatic carbocycles. The highest BCUT2D eigenvalue weighted by molar-refractivity contribution is 6.71. The summed E-state index contributed by atoms with van der Waals surface area (Å²) >= 11 is 0. The van der Waals surface area contributed by atoms with E-state index in [9.17, 15) is 4.79 Å². The molecule has 0 saturated carbocycles. The van der Waals surface area contributed by atoms with Gasteiger partial charge in [0.15, 0.2) is 0 Å². The van der Waals surface area contributed by atoms with Crippen molar-refractivity contribution in [2.45, 2.75) is 19.6 Å². The van der Waals surface area contributed by atoms with E-state index in [0.29, 0.717) is 26.4 Å². The van der Waals surface area contributed by atoms with E-state index in [1.807, 2.05) is 19.6 Å². The van der Waals surface area contributed by atoms with Gasteiger partial charge in [0.1, 0.15) is 6.61 Å². The van der Waals surface area contributed by atoms with Crippen LogP contribution in [0.2, 0.25) is 19.6 Å². The van der Waals surface area contributed by atoms with Gasteiger partial charge in [-0.1, -0.05) is 0 Å². The van der Waals surface area contributed by atoms with Crippen LogP contribution in [-0.4, -0.2) is 54.4 Å². The molecule has 0 heterocycles. The third-order valence-corrected chi connectivity index (χ3v) is 2.28. The summed E-state index contributed by atoms with van der Waals surface area (Å²) in [4.78, 5) is 11.2. The molecule has 0 atom stereocenters. The first-order valence-electron chi connectivity index (χ1n) is 5.32. The quantitative estimate of drug-likeness (QED) is 0.452. The summed E-state index contributed by atoms with van der Waals surface area (Å²) < 4.78 is 20.3. The first-order valence-corrected chi connectivity index (χ1v) is 8.73. The van der Waals surface area contributed by atoms with Crippen LogP contribution in [0.25, 0.3) is 0 Å². The Hall–Kier alpha value is -0.433. The standard InChI is InChI=1S/C10H22O5Si/c1-12-5-6-13-7-8-14-9-10(11)15-16(2,3)4/h5-9H2,1-4H3. The van der Waals surface area contributed by atoms with Gasteiger partial charge in [-0.2, -0.15) is 0 Å². The molecule has 0 aliphatic rings. The third kappa shape index (κ3) is 11.6. The molecule has 0 radical (unpaired) electrons. The molecule has 16 heavy (non-hydrogen) atoms. The van der Waals surface area contributed by atoms with Crippen LogP contribution in [0.15, 0.2) is 0 Å². The second kappa shape index (κ2) is 8.69. The molecule has 0 aliphatic carbocycles. The summed E-state index contributed by atoms with van der Waals surface area (Å²) in [6, 6.07) is 0. The molecule has 0 spiro atoms. The van der Waals surface area contributed by atoms with E-state index in [0.717, 1.165) is 0 Å². The molecule has 0 N–H and O–H groups in total. The van der Waals surface area contributed by atoms with Crippen molar-refractivity contribution in [2.24, 2.45) is 0 Å². The Kier molecular flexibility index (Phi) is 8.45. The van der Waals surface area contributed by atoms with Crippen LogP contribution in [-0.2, 0) is 23.4 Å². The maximum Gasteiger partial charge on any atom is 0.318 e. The Morgan fingerprint density at radius 3 is 2.12 bits per heavy atom. The molecule has 0 amide bonds. The lowest BCUT2D eigenvalue weighted by molar-refractivity contribution is -0.140. The maximum absolute atomic E-state index is 11.2. The van der Waals surface area contributed by atoms with Crippen molar-refractivity contribution in [1.29, 1.82) is 0 Å². The van der Waals surface area contributed by atoms with Crippen LogP contribution < -0.4 is 0 Å². The summed E-state index contributed by atoms with van der Waals surface area (Å²) in [5, 5.41) is 0. The number of hydrogen-bond acceptors (Lipinski definition) is 5. The highest BCUT2D eigenvalue weighted by Gasteiger charge is 2.19. The van der Waals surface area contributed by atoms with Gasteiger partial charge >= 0.3 is 5.97 Å². The Bertz CT molecular complexity index is 190. The van der Waals surface area contributed by atoms with Gasteiger partial charge in [0.2, 0.25) is 8.32 Å². The average Bonchev–Trinajstić information content (AvgIpc) is 2.13. The van der Waals surface area contributed by atoms with E-state index in [4.69, 9.17) is 18.6 Å².